The van der Waals surface area contributed by atoms with E-state index in [1.807, 2.05) is 13.1 Å². The van der Waals surface area contributed by atoms with E-state index in [1.54, 1.807) is 0 Å². The number of nitrogens with two attached hydrogens (primary N) is 1. The molecule has 106 valence electrons. The number of aromatic nitrogens is 1. The van der Waals surface area contributed by atoms with Gasteiger partial charge in [0.2, 0.25) is 0 Å². The molecule has 4 nitrogen and oxygen atoms in total. The summed E-state index contributed by atoms with van der Waals surface area (Å²) in [4.78, 5) is 6.96. The molecule has 0 saturated carbocycles. The largest absolute Gasteiger partial charge is 0.372 e. The maximum absolute atomic E-state index is 5.84. The molecule has 1 aromatic rings. The van der Waals surface area contributed by atoms with Crippen LogP contribution < -0.4 is 10.6 Å². The van der Waals surface area contributed by atoms with E-state index in [0.29, 0.717) is 0 Å². The first-order chi connectivity index (χ1) is 8.95. The van der Waals surface area contributed by atoms with Crippen LogP contribution in [0.1, 0.15) is 31.9 Å². The minimum absolute atomic E-state index is 0.176. The molecule has 0 bridgehead atoms. The Balaban J connectivity index is 2.16. The van der Waals surface area contributed by atoms with Gasteiger partial charge in [-0.15, -0.1) is 0 Å². The molecule has 1 saturated heterocycles. The summed E-state index contributed by atoms with van der Waals surface area (Å²) in [5.41, 5.74) is 8.27. The monoisotopic (exact) mass is 263 g/mol. The number of pyridine rings is 1. The Bertz CT molecular complexity index is 423. The van der Waals surface area contributed by atoms with Crippen molar-refractivity contribution in [3.63, 3.8) is 0 Å². The van der Waals surface area contributed by atoms with Gasteiger partial charge in [0, 0.05) is 25.3 Å². The zero-order valence-electron chi connectivity index (χ0n) is 12.4. The van der Waals surface area contributed by atoms with E-state index in [0.717, 1.165) is 25.3 Å². The molecule has 1 fully saturated rings. The Morgan fingerprint density at radius 3 is 2.58 bits per heavy atom. The number of hydrogen-bond acceptors (Lipinski definition) is 4. The predicted molar refractivity (Wildman–Crippen MR) is 78.5 cm³/mol. The number of rotatable bonds is 3. The smallest absolute Gasteiger partial charge is 0.131 e. The lowest BCUT2D eigenvalue weighted by Crippen LogP contribution is -2.46. The second kappa shape index (κ2) is 5.88. The molecule has 0 radical (unpaired) electrons. The van der Waals surface area contributed by atoms with Crippen LogP contribution in [0, 0.1) is 6.92 Å². The summed E-state index contributed by atoms with van der Waals surface area (Å²) in [6.07, 6.45) is 3.35. The van der Waals surface area contributed by atoms with Crippen LogP contribution in [-0.4, -0.2) is 36.3 Å². The van der Waals surface area contributed by atoms with Crippen molar-refractivity contribution in [2.75, 3.05) is 18.0 Å². The third-order valence-corrected chi connectivity index (χ3v) is 3.38. The standard InChI is InChI=1S/C15H25N3O/c1-10-5-14(6-11(2)16)7-17-15(10)18-8-12(3)19-13(4)9-18/h5,7,11-13H,6,8-9,16H2,1-4H3/t11?,12-,13+. The molecule has 19 heavy (non-hydrogen) atoms. The number of hydrogen-bond donors (Lipinski definition) is 1. The zero-order chi connectivity index (χ0) is 14.0. The van der Waals surface area contributed by atoms with Crippen LogP contribution >= 0.6 is 0 Å². The van der Waals surface area contributed by atoms with Gasteiger partial charge in [0.15, 0.2) is 0 Å². The lowest BCUT2D eigenvalue weighted by Gasteiger charge is -2.36. The van der Waals surface area contributed by atoms with Crippen LogP contribution in [-0.2, 0) is 11.2 Å². The molecule has 1 aliphatic rings. The minimum atomic E-state index is 0.176. The van der Waals surface area contributed by atoms with Gasteiger partial charge in [-0.1, -0.05) is 6.07 Å². The highest BCUT2D eigenvalue weighted by Gasteiger charge is 2.24. The van der Waals surface area contributed by atoms with Crippen LogP contribution in [0.2, 0.25) is 0 Å². The number of aryl methyl sites for hydroxylation is 1. The molecule has 1 aromatic heterocycles. The fourth-order valence-corrected chi connectivity index (χ4v) is 2.79. The van der Waals surface area contributed by atoms with Crippen molar-refractivity contribution in [3.05, 3.63) is 23.4 Å². The van der Waals surface area contributed by atoms with Gasteiger partial charge in [-0.25, -0.2) is 4.98 Å². The summed E-state index contributed by atoms with van der Waals surface area (Å²) in [6.45, 7) is 10.2. The fraction of sp³-hybridized carbons (Fsp3) is 0.667. The number of ether oxygens (including phenoxy) is 1. The summed E-state index contributed by atoms with van der Waals surface area (Å²) >= 11 is 0. The molecule has 2 N–H and O–H groups in total. The van der Waals surface area contributed by atoms with Gasteiger partial charge in [0.1, 0.15) is 5.82 Å². The first-order valence-electron chi connectivity index (χ1n) is 7.07. The van der Waals surface area contributed by atoms with Crippen LogP contribution in [0.25, 0.3) is 0 Å². The molecule has 4 heteroatoms. The number of nitrogens with zero attached hydrogens (tertiary/aromatic N) is 2. The van der Waals surface area contributed by atoms with Gasteiger partial charge in [-0.2, -0.15) is 0 Å². The molecule has 0 spiro atoms. The van der Waals surface area contributed by atoms with E-state index < -0.39 is 0 Å². The van der Waals surface area contributed by atoms with Crippen LogP contribution in [0.15, 0.2) is 12.3 Å². The highest BCUT2D eigenvalue weighted by molar-refractivity contribution is 5.48. The van der Waals surface area contributed by atoms with Crippen LogP contribution in [0.5, 0.6) is 0 Å². The van der Waals surface area contributed by atoms with Gasteiger partial charge in [0.05, 0.1) is 12.2 Å². The van der Waals surface area contributed by atoms with E-state index in [9.17, 15) is 0 Å². The van der Waals surface area contributed by atoms with E-state index in [2.05, 4.69) is 36.7 Å². The molecule has 0 aliphatic carbocycles. The summed E-state index contributed by atoms with van der Waals surface area (Å²) in [5, 5.41) is 0. The fourth-order valence-electron chi connectivity index (χ4n) is 2.79. The van der Waals surface area contributed by atoms with Crippen LogP contribution in [0.3, 0.4) is 0 Å². The molecular formula is C15H25N3O. The number of anilines is 1. The highest BCUT2D eigenvalue weighted by Crippen LogP contribution is 2.22. The Morgan fingerprint density at radius 1 is 1.42 bits per heavy atom. The zero-order valence-corrected chi connectivity index (χ0v) is 12.4. The third-order valence-electron chi connectivity index (χ3n) is 3.38. The summed E-state index contributed by atoms with van der Waals surface area (Å²) in [7, 11) is 0. The Labute approximate surface area is 116 Å². The first-order valence-corrected chi connectivity index (χ1v) is 7.07. The van der Waals surface area contributed by atoms with E-state index in [-0.39, 0.29) is 18.2 Å². The maximum Gasteiger partial charge on any atom is 0.131 e. The second-order valence-electron chi connectivity index (χ2n) is 5.83. The molecule has 1 aliphatic heterocycles. The quantitative estimate of drug-likeness (QED) is 0.905. The maximum atomic E-state index is 5.84. The van der Waals surface area contributed by atoms with Crippen molar-refractivity contribution in [2.45, 2.75) is 52.4 Å². The van der Waals surface area contributed by atoms with Crippen molar-refractivity contribution in [1.29, 1.82) is 0 Å². The normalized spacial score (nSPS) is 25.4. The lowest BCUT2D eigenvalue weighted by molar-refractivity contribution is -0.00549. The summed E-state index contributed by atoms with van der Waals surface area (Å²) in [6, 6.07) is 2.38. The summed E-state index contributed by atoms with van der Waals surface area (Å²) in [5.74, 6) is 1.08. The van der Waals surface area contributed by atoms with Crippen molar-refractivity contribution in [2.24, 2.45) is 5.73 Å². The van der Waals surface area contributed by atoms with Crippen molar-refractivity contribution >= 4 is 5.82 Å². The van der Waals surface area contributed by atoms with Gasteiger partial charge in [-0.05, 0) is 45.2 Å². The summed E-state index contributed by atoms with van der Waals surface area (Å²) < 4.78 is 5.77. The average Bonchev–Trinajstić information content (AvgIpc) is 2.26. The van der Waals surface area contributed by atoms with Crippen molar-refractivity contribution < 1.29 is 4.74 Å². The number of morpholine rings is 1. The van der Waals surface area contributed by atoms with E-state index >= 15 is 0 Å². The molecule has 0 amide bonds. The predicted octanol–water partition coefficient (Wildman–Crippen LogP) is 1.89. The molecule has 2 rings (SSSR count). The molecule has 3 atom stereocenters. The van der Waals surface area contributed by atoms with E-state index in [1.165, 1.54) is 11.1 Å². The molecular weight excluding hydrogens is 238 g/mol. The molecule has 1 unspecified atom stereocenters. The Morgan fingerprint density at radius 2 is 2.05 bits per heavy atom. The molecule has 2 heterocycles. The first kappa shape index (κ1) is 14.3. The Hall–Kier alpha value is -1.13. The van der Waals surface area contributed by atoms with Crippen LogP contribution in [0.4, 0.5) is 5.82 Å². The average molecular weight is 263 g/mol. The third kappa shape index (κ3) is 3.67. The van der Waals surface area contributed by atoms with Crippen molar-refractivity contribution in [1.82, 2.24) is 4.98 Å². The van der Waals surface area contributed by atoms with Gasteiger partial charge in [-0.3, -0.25) is 0 Å². The molecule has 0 aromatic carbocycles. The lowest BCUT2D eigenvalue weighted by atomic mass is 10.1. The SMILES string of the molecule is Cc1cc(CC(C)N)cnc1N1C[C@@H](C)O[C@@H](C)C1. The van der Waals surface area contributed by atoms with Gasteiger partial charge in [0.25, 0.3) is 0 Å². The Kier molecular flexibility index (Phi) is 4.42. The minimum Gasteiger partial charge on any atom is -0.372 e. The topological polar surface area (TPSA) is 51.4 Å². The highest BCUT2D eigenvalue weighted by atomic mass is 16.5. The van der Waals surface area contributed by atoms with Gasteiger partial charge >= 0.3 is 0 Å². The van der Waals surface area contributed by atoms with Crippen molar-refractivity contribution in [3.8, 4) is 0 Å². The second-order valence-corrected chi connectivity index (χ2v) is 5.83. The van der Waals surface area contributed by atoms with E-state index in [4.69, 9.17) is 10.5 Å². The van der Waals surface area contributed by atoms with Gasteiger partial charge < -0.3 is 15.4 Å².